The Labute approximate surface area is 164 Å². The molecule has 9 heteroatoms. The van der Waals surface area contributed by atoms with E-state index >= 15 is 0 Å². The van der Waals surface area contributed by atoms with E-state index in [0.717, 1.165) is 11.3 Å². The van der Waals surface area contributed by atoms with E-state index in [1.165, 1.54) is 0 Å². The van der Waals surface area contributed by atoms with E-state index in [0.29, 0.717) is 22.9 Å². The highest BCUT2D eigenvalue weighted by atomic mass is 32.2. The van der Waals surface area contributed by atoms with Crippen LogP contribution in [0.2, 0.25) is 0 Å². The van der Waals surface area contributed by atoms with Gasteiger partial charge in [0.1, 0.15) is 0 Å². The van der Waals surface area contributed by atoms with Gasteiger partial charge in [0.25, 0.3) is 0 Å². The molecule has 2 aromatic rings. The van der Waals surface area contributed by atoms with E-state index in [1.807, 2.05) is 19.9 Å². The number of H-pyrrole nitrogens is 1. The smallest absolute Gasteiger partial charge is 0.233 e. The lowest BCUT2D eigenvalue weighted by atomic mass is 9.75. The zero-order chi connectivity index (χ0) is 20.5. The van der Waals surface area contributed by atoms with Crippen molar-refractivity contribution < 1.29 is 8.42 Å². The van der Waals surface area contributed by atoms with E-state index < -0.39 is 21.9 Å². The number of nitrogens with one attached hydrogen (secondary N) is 3. The van der Waals surface area contributed by atoms with Gasteiger partial charge in [0.2, 0.25) is 10.0 Å². The molecule has 0 saturated heterocycles. The Morgan fingerprint density at radius 3 is 2.71 bits per heavy atom. The summed E-state index contributed by atoms with van der Waals surface area (Å²) in [6, 6.07) is 9.88. The van der Waals surface area contributed by atoms with Gasteiger partial charge in [-0.3, -0.25) is 9.82 Å². The maximum absolute atomic E-state index is 12.1. The molecule has 146 valence electrons. The van der Waals surface area contributed by atoms with Gasteiger partial charge in [-0.05, 0) is 38.0 Å². The van der Waals surface area contributed by atoms with Crippen LogP contribution in [0, 0.1) is 28.6 Å². The average Bonchev–Trinajstić information content (AvgIpc) is 3.02. The fourth-order valence-electron chi connectivity index (χ4n) is 3.69. The van der Waals surface area contributed by atoms with Gasteiger partial charge in [-0.15, -0.1) is 0 Å². The molecular formula is C19H22N6O2S. The average molecular weight is 398 g/mol. The summed E-state index contributed by atoms with van der Waals surface area (Å²) in [5, 5.41) is 30.1. The van der Waals surface area contributed by atoms with Crippen molar-refractivity contribution in [3.8, 4) is 12.1 Å². The molecule has 0 saturated carbocycles. The first-order chi connectivity index (χ1) is 13.3. The normalized spacial score (nSPS) is 22.4. The number of hydrogen-bond acceptors (Lipinski definition) is 6. The number of nitriles is 2. The largest absolute Gasteiger partial charge is 0.384 e. The number of hydrogen-bond donors (Lipinski definition) is 3. The summed E-state index contributed by atoms with van der Waals surface area (Å²) in [5.41, 5.74) is 2.72. The predicted molar refractivity (Wildman–Crippen MR) is 107 cm³/mol. The Morgan fingerprint density at radius 1 is 1.32 bits per heavy atom. The van der Waals surface area contributed by atoms with Gasteiger partial charge in [-0.1, -0.05) is 13.0 Å². The van der Waals surface area contributed by atoms with E-state index in [-0.39, 0.29) is 17.6 Å². The van der Waals surface area contributed by atoms with Crippen molar-refractivity contribution in [1.29, 1.82) is 10.5 Å². The molecule has 3 rings (SSSR count). The fraction of sp³-hybridized carbons (Fsp3) is 0.421. The van der Waals surface area contributed by atoms with Crippen LogP contribution in [0.5, 0.6) is 0 Å². The summed E-state index contributed by atoms with van der Waals surface area (Å²) in [5.74, 6) is -0.599. The highest BCUT2D eigenvalue weighted by molar-refractivity contribution is 7.92. The Hall–Kier alpha value is -3.04. The van der Waals surface area contributed by atoms with Crippen LogP contribution < -0.4 is 10.0 Å². The van der Waals surface area contributed by atoms with Gasteiger partial charge >= 0.3 is 0 Å². The van der Waals surface area contributed by atoms with Gasteiger partial charge in [-0.2, -0.15) is 15.6 Å². The van der Waals surface area contributed by atoms with Gasteiger partial charge in [0.05, 0.1) is 34.9 Å². The molecule has 8 nitrogen and oxygen atoms in total. The van der Waals surface area contributed by atoms with Crippen LogP contribution in [0.1, 0.15) is 38.7 Å². The molecule has 0 amide bonds. The van der Waals surface area contributed by atoms with Crippen molar-refractivity contribution in [1.82, 2.24) is 15.5 Å². The molecule has 0 radical (unpaired) electrons. The first-order valence-electron chi connectivity index (χ1n) is 9.06. The lowest BCUT2D eigenvalue weighted by molar-refractivity contribution is 0.408. The molecule has 1 aromatic carbocycles. The van der Waals surface area contributed by atoms with Crippen molar-refractivity contribution in [2.45, 2.75) is 39.2 Å². The van der Waals surface area contributed by atoms with Gasteiger partial charge in [0.15, 0.2) is 5.82 Å². The number of allylic oxidation sites excluding steroid dienone is 2. The number of benzene rings is 1. The van der Waals surface area contributed by atoms with Crippen LogP contribution in [0.15, 0.2) is 29.5 Å². The van der Waals surface area contributed by atoms with Crippen molar-refractivity contribution in [3.63, 3.8) is 0 Å². The molecule has 28 heavy (non-hydrogen) atoms. The highest BCUT2D eigenvalue weighted by Crippen LogP contribution is 2.39. The second kappa shape index (κ2) is 7.53. The molecule has 0 bridgehead atoms. The monoisotopic (exact) mass is 398 g/mol. The van der Waals surface area contributed by atoms with Crippen LogP contribution in [-0.4, -0.2) is 30.4 Å². The number of fused-ring (bicyclic) bond motifs is 1. The zero-order valence-electron chi connectivity index (χ0n) is 15.9. The number of rotatable bonds is 5. The van der Waals surface area contributed by atoms with Crippen molar-refractivity contribution >= 4 is 26.7 Å². The number of anilines is 1. The Kier molecular flexibility index (Phi) is 5.30. The molecule has 0 fully saturated rings. The minimum atomic E-state index is -3.49. The lowest BCUT2D eigenvalue weighted by Crippen LogP contribution is -2.40. The number of nitrogens with zero attached hydrogens (tertiary/aromatic N) is 3. The van der Waals surface area contributed by atoms with Crippen LogP contribution in [0.3, 0.4) is 0 Å². The van der Waals surface area contributed by atoms with Gasteiger partial charge in [0, 0.05) is 23.0 Å². The SMILES string of the molecule is CCCS(=O)(=O)Nc1n[nH]c2ccc(C3C(C#N)=C(C)NC(C)C3C#N)cc12. The van der Waals surface area contributed by atoms with Crippen LogP contribution >= 0.6 is 0 Å². The maximum atomic E-state index is 12.1. The Morgan fingerprint density at radius 2 is 2.07 bits per heavy atom. The summed E-state index contributed by atoms with van der Waals surface area (Å²) in [6.07, 6.45) is 0.495. The third-order valence-electron chi connectivity index (χ3n) is 5.00. The maximum Gasteiger partial charge on any atom is 0.233 e. The molecule has 0 aliphatic carbocycles. The fourth-order valence-corrected chi connectivity index (χ4v) is 4.78. The second-order valence-electron chi connectivity index (χ2n) is 7.01. The molecule has 3 atom stereocenters. The molecule has 0 spiro atoms. The third-order valence-corrected chi connectivity index (χ3v) is 6.45. The quantitative estimate of drug-likeness (QED) is 0.709. The molecule has 1 aliphatic rings. The van der Waals surface area contributed by atoms with E-state index in [4.69, 9.17) is 0 Å². The number of sulfonamides is 1. The van der Waals surface area contributed by atoms with Gasteiger partial charge in [-0.25, -0.2) is 8.42 Å². The predicted octanol–water partition coefficient (Wildman–Crippen LogP) is 2.73. The first-order valence-corrected chi connectivity index (χ1v) is 10.7. The molecule has 3 unspecified atom stereocenters. The Balaban J connectivity index is 2.11. The van der Waals surface area contributed by atoms with Crippen molar-refractivity contribution in [3.05, 3.63) is 35.0 Å². The van der Waals surface area contributed by atoms with E-state index in [2.05, 4.69) is 32.4 Å². The molecular weight excluding hydrogens is 376 g/mol. The van der Waals surface area contributed by atoms with Gasteiger partial charge < -0.3 is 5.32 Å². The highest BCUT2D eigenvalue weighted by Gasteiger charge is 2.36. The number of aromatic amines is 1. The topological polar surface area (TPSA) is 134 Å². The number of aromatic nitrogens is 2. The summed E-state index contributed by atoms with van der Waals surface area (Å²) in [4.78, 5) is 0. The van der Waals surface area contributed by atoms with Crippen molar-refractivity contribution in [2.75, 3.05) is 10.5 Å². The Bertz CT molecular complexity index is 1120. The molecule has 1 aliphatic heterocycles. The minimum Gasteiger partial charge on any atom is -0.384 e. The van der Waals surface area contributed by atoms with Crippen LogP contribution in [-0.2, 0) is 10.0 Å². The molecule has 2 heterocycles. The molecule has 1 aromatic heterocycles. The summed E-state index contributed by atoms with van der Waals surface area (Å²) < 4.78 is 26.8. The zero-order valence-corrected chi connectivity index (χ0v) is 16.8. The summed E-state index contributed by atoms with van der Waals surface area (Å²) >= 11 is 0. The lowest BCUT2D eigenvalue weighted by Gasteiger charge is -2.34. The standard InChI is InChI=1S/C19H22N6O2S/c1-4-7-28(26,27)25-19-14-8-13(5-6-17(14)23-24-19)18-15(9-20)11(2)22-12(3)16(18)10-21/h5-6,8,11,15,18,22H,4,7H2,1-3H3,(H2,23,24,25). The van der Waals surface area contributed by atoms with E-state index in [9.17, 15) is 18.9 Å². The molecule has 3 N–H and O–H groups in total. The second-order valence-corrected chi connectivity index (χ2v) is 8.86. The first kappa shape index (κ1) is 19.7. The minimum absolute atomic E-state index is 0.00384. The third kappa shape index (κ3) is 3.54. The van der Waals surface area contributed by atoms with Crippen molar-refractivity contribution in [2.24, 2.45) is 5.92 Å². The van der Waals surface area contributed by atoms with Crippen LogP contribution in [0.25, 0.3) is 10.9 Å². The summed E-state index contributed by atoms with van der Waals surface area (Å²) in [7, 11) is -3.49. The summed E-state index contributed by atoms with van der Waals surface area (Å²) in [6.45, 7) is 5.54. The van der Waals surface area contributed by atoms with E-state index in [1.54, 1.807) is 19.1 Å². The van der Waals surface area contributed by atoms with Crippen LogP contribution in [0.4, 0.5) is 5.82 Å².